The monoisotopic (exact) mass is 333 g/mol. The number of carbonyl (C=O) groups is 1. The van der Waals surface area contributed by atoms with Gasteiger partial charge in [0.2, 0.25) is 0 Å². The van der Waals surface area contributed by atoms with Gasteiger partial charge in [-0.1, -0.05) is 0 Å². The number of hydrogen-bond donors (Lipinski definition) is 2. The first-order chi connectivity index (χ1) is 11.2. The molecule has 0 fully saturated rings. The van der Waals surface area contributed by atoms with Crippen LogP contribution in [-0.4, -0.2) is 30.6 Å². The van der Waals surface area contributed by atoms with Crippen molar-refractivity contribution in [1.29, 1.82) is 0 Å². The molecular formula is C16H27N7O. The summed E-state index contributed by atoms with van der Waals surface area (Å²) in [5.74, 6) is 0.733. The third-order valence-electron chi connectivity index (χ3n) is 3.88. The average Bonchev–Trinajstić information content (AvgIpc) is 3.10. The van der Waals surface area contributed by atoms with Crippen molar-refractivity contribution in [2.75, 3.05) is 0 Å². The van der Waals surface area contributed by atoms with Gasteiger partial charge in [0, 0.05) is 18.3 Å². The van der Waals surface area contributed by atoms with Gasteiger partial charge in [-0.25, -0.2) is 4.79 Å². The fourth-order valence-electron chi connectivity index (χ4n) is 2.41. The highest BCUT2D eigenvalue weighted by molar-refractivity contribution is 5.74. The highest BCUT2D eigenvalue weighted by atomic mass is 16.2. The Morgan fingerprint density at radius 3 is 2.67 bits per heavy atom. The number of aryl methyl sites for hydroxylation is 2. The van der Waals surface area contributed by atoms with Crippen molar-refractivity contribution >= 4 is 6.03 Å². The summed E-state index contributed by atoms with van der Waals surface area (Å²) in [5, 5.41) is 18.1. The van der Waals surface area contributed by atoms with E-state index in [1.807, 2.05) is 36.2 Å². The third kappa shape index (κ3) is 4.12. The molecule has 2 N–H and O–H groups in total. The zero-order valence-corrected chi connectivity index (χ0v) is 15.3. The van der Waals surface area contributed by atoms with Gasteiger partial charge >= 0.3 is 6.03 Å². The maximum absolute atomic E-state index is 12.1. The Bertz CT molecular complexity index is 696. The Kier molecular flexibility index (Phi) is 5.26. The lowest BCUT2D eigenvalue weighted by Crippen LogP contribution is -2.37. The molecule has 2 heterocycles. The zero-order chi connectivity index (χ0) is 17.9. The van der Waals surface area contributed by atoms with Gasteiger partial charge in [0.15, 0.2) is 5.82 Å². The molecular weight excluding hydrogens is 306 g/mol. The second-order valence-electron chi connectivity index (χ2n) is 6.87. The van der Waals surface area contributed by atoms with Gasteiger partial charge in [0.1, 0.15) is 6.33 Å². The molecule has 132 valence electrons. The summed E-state index contributed by atoms with van der Waals surface area (Å²) in [6.07, 6.45) is 3.65. The number of carbonyl (C=O) groups excluding carboxylic acids is 1. The van der Waals surface area contributed by atoms with Crippen molar-refractivity contribution in [3.63, 3.8) is 0 Å². The van der Waals surface area contributed by atoms with Crippen LogP contribution in [0.4, 0.5) is 4.79 Å². The molecule has 8 nitrogen and oxygen atoms in total. The van der Waals surface area contributed by atoms with Crippen molar-refractivity contribution < 1.29 is 4.79 Å². The molecule has 24 heavy (non-hydrogen) atoms. The standard InChI is InChI=1S/C16H27N7O/c1-7-22-10-18-20-14(22)8-17-15(24)19-11(2)13-9-23(16(4,5)6)21-12(13)3/h9-11H,7-8H2,1-6H3,(H2,17,19,24)/t11-/m0/s1. The van der Waals surface area contributed by atoms with Crippen LogP contribution in [-0.2, 0) is 18.6 Å². The summed E-state index contributed by atoms with van der Waals surface area (Å²) in [7, 11) is 0. The van der Waals surface area contributed by atoms with Crippen LogP contribution in [0, 0.1) is 6.92 Å². The SMILES string of the molecule is CCn1cnnc1CNC(=O)N[C@@H](C)c1cn(C(C)(C)C)nc1C. The van der Waals surface area contributed by atoms with E-state index in [1.165, 1.54) is 0 Å². The Balaban J connectivity index is 1.95. The van der Waals surface area contributed by atoms with Gasteiger partial charge in [-0.2, -0.15) is 5.10 Å². The molecule has 0 aromatic carbocycles. The average molecular weight is 333 g/mol. The molecule has 0 saturated heterocycles. The van der Waals surface area contributed by atoms with E-state index < -0.39 is 0 Å². The highest BCUT2D eigenvalue weighted by Crippen LogP contribution is 2.20. The first-order valence-corrected chi connectivity index (χ1v) is 8.20. The van der Waals surface area contributed by atoms with Gasteiger partial charge in [0.05, 0.1) is 23.8 Å². The van der Waals surface area contributed by atoms with E-state index >= 15 is 0 Å². The summed E-state index contributed by atoms with van der Waals surface area (Å²) in [4.78, 5) is 12.1. The van der Waals surface area contributed by atoms with Crippen LogP contribution in [0.5, 0.6) is 0 Å². The van der Waals surface area contributed by atoms with Crippen molar-refractivity contribution in [1.82, 2.24) is 35.2 Å². The maximum atomic E-state index is 12.1. The fourth-order valence-corrected chi connectivity index (χ4v) is 2.41. The molecule has 2 amide bonds. The topological polar surface area (TPSA) is 89.7 Å². The van der Waals surface area contributed by atoms with Crippen LogP contribution < -0.4 is 10.6 Å². The predicted octanol–water partition coefficient (Wildman–Crippen LogP) is 2.12. The molecule has 0 aliphatic heterocycles. The number of amides is 2. The lowest BCUT2D eigenvalue weighted by molar-refractivity contribution is 0.237. The molecule has 0 radical (unpaired) electrons. The molecule has 0 aliphatic rings. The van der Waals surface area contributed by atoms with Crippen molar-refractivity contribution in [2.24, 2.45) is 0 Å². The lowest BCUT2D eigenvalue weighted by atomic mass is 10.1. The Morgan fingerprint density at radius 1 is 1.38 bits per heavy atom. The molecule has 0 spiro atoms. The molecule has 0 unspecified atom stereocenters. The molecule has 0 aliphatic carbocycles. The van der Waals surface area contributed by atoms with Crippen LogP contribution in [0.3, 0.4) is 0 Å². The van der Waals surface area contributed by atoms with E-state index in [0.29, 0.717) is 6.54 Å². The molecule has 2 rings (SSSR count). The van der Waals surface area contributed by atoms with Crippen LogP contribution in [0.15, 0.2) is 12.5 Å². The first-order valence-electron chi connectivity index (χ1n) is 8.20. The maximum Gasteiger partial charge on any atom is 0.315 e. The minimum absolute atomic E-state index is 0.0881. The molecule has 1 atom stereocenters. The highest BCUT2D eigenvalue weighted by Gasteiger charge is 2.20. The van der Waals surface area contributed by atoms with E-state index in [4.69, 9.17) is 0 Å². The van der Waals surface area contributed by atoms with E-state index in [1.54, 1.807) is 6.33 Å². The van der Waals surface area contributed by atoms with Gasteiger partial charge in [-0.05, 0) is 41.5 Å². The van der Waals surface area contributed by atoms with E-state index in [9.17, 15) is 4.79 Å². The Morgan fingerprint density at radius 2 is 2.08 bits per heavy atom. The zero-order valence-electron chi connectivity index (χ0n) is 15.3. The minimum atomic E-state index is -0.240. The largest absolute Gasteiger partial charge is 0.332 e. The molecule has 8 heteroatoms. The van der Waals surface area contributed by atoms with Crippen LogP contribution in [0.1, 0.15) is 57.7 Å². The first kappa shape index (κ1) is 18.0. The third-order valence-corrected chi connectivity index (χ3v) is 3.88. The summed E-state index contributed by atoms with van der Waals surface area (Å²) in [5.41, 5.74) is 1.84. The lowest BCUT2D eigenvalue weighted by Gasteiger charge is -2.19. The summed E-state index contributed by atoms with van der Waals surface area (Å²) in [6, 6.07) is -0.374. The van der Waals surface area contributed by atoms with Gasteiger partial charge in [0.25, 0.3) is 0 Å². The number of rotatable bonds is 5. The van der Waals surface area contributed by atoms with E-state index in [2.05, 4.69) is 46.7 Å². The van der Waals surface area contributed by atoms with Gasteiger partial charge in [-0.15, -0.1) is 10.2 Å². The molecule has 2 aromatic rings. The Labute approximate surface area is 142 Å². The van der Waals surface area contributed by atoms with Crippen molar-refractivity contribution in [3.8, 4) is 0 Å². The van der Waals surface area contributed by atoms with Crippen molar-refractivity contribution in [2.45, 2.75) is 66.2 Å². The van der Waals surface area contributed by atoms with E-state index in [-0.39, 0.29) is 17.6 Å². The quantitative estimate of drug-likeness (QED) is 0.877. The molecule has 0 saturated carbocycles. The molecule has 2 aromatic heterocycles. The number of nitrogens with zero attached hydrogens (tertiary/aromatic N) is 5. The van der Waals surface area contributed by atoms with Crippen LogP contribution in [0.2, 0.25) is 0 Å². The van der Waals surface area contributed by atoms with E-state index in [0.717, 1.165) is 23.6 Å². The normalized spacial score (nSPS) is 12.9. The number of nitrogens with one attached hydrogen (secondary N) is 2. The summed E-state index contributed by atoms with van der Waals surface area (Å²) < 4.78 is 3.82. The minimum Gasteiger partial charge on any atom is -0.332 e. The van der Waals surface area contributed by atoms with Crippen molar-refractivity contribution in [3.05, 3.63) is 29.6 Å². The predicted molar refractivity (Wildman–Crippen MR) is 91.4 cm³/mol. The second-order valence-corrected chi connectivity index (χ2v) is 6.87. The number of aromatic nitrogens is 5. The van der Waals surface area contributed by atoms with Gasteiger partial charge < -0.3 is 15.2 Å². The summed E-state index contributed by atoms with van der Waals surface area (Å²) >= 11 is 0. The summed E-state index contributed by atoms with van der Waals surface area (Å²) in [6.45, 7) is 13.3. The van der Waals surface area contributed by atoms with Gasteiger partial charge in [-0.3, -0.25) is 4.68 Å². The fraction of sp³-hybridized carbons (Fsp3) is 0.625. The second kappa shape index (κ2) is 7.02. The molecule has 0 bridgehead atoms. The number of hydrogen-bond acceptors (Lipinski definition) is 4. The van der Waals surface area contributed by atoms with Crippen LogP contribution in [0.25, 0.3) is 0 Å². The Hall–Kier alpha value is -2.38. The van der Waals surface area contributed by atoms with Crippen LogP contribution >= 0.6 is 0 Å². The smallest absolute Gasteiger partial charge is 0.315 e. The number of urea groups is 1.